The van der Waals surface area contributed by atoms with Crippen molar-refractivity contribution in [3.8, 4) is 0 Å². The fourth-order valence-electron chi connectivity index (χ4n) is 0.989. The number of thiazole rings is 1. The Balaban J connectivity index is 1.85. The van der Waals surface area contributed by atoms with E-state index in [-0.39, 0.29) is 0 Å². The molecule has 0 aromatic carbocycles. The third-order valence-electron chi connectivity index (χ3n) is 1.86. The first-order valence-corrected chi connectivity index (χ1v) is 4.88. The van der Waals surface area contributed by atoms with E-state index < -0.39 is 0 Å². The van der Waals surface area contributed by atoms with E-state index in [1.54, 1.807) is 11.3 Å². The first-order valence-electron chi connectivity index (χ1n) is 4.00. The fourth-order valence-corrected chi connectivity index (χ4v) is 1.69. The van der Waals surface area contributed by atoms with Crippen LogP contribution in [0.25, 0.3) is 0 Å². The number of nitrogens with one attached hydrogen (secondary N) is 1. The Kier molecular flexibility index (Phi) is 1.82. The molecule has 1 fully saturated rings. The van der Waals surface area contributed by atoms with Gasteiger partial charge in [-0.1, -0.05) is 0 Å². The monoisotopic (exact) mass is 168 g/mol. The Morgan fingerprint density at radius 2 is 2.55 bits per heavy atom. The second-order valence-corrected chi connectivity index (χ2v) is 3.98. The number of nitrogens with zero attached hydrogens (tertiary/aromatic N) is 1. The van der Waals surface area contributed by atoms with Gasteiger partial charge in [0.2, 0.25) is 0 Å². The summed E-state index contributed by atoms with van der Waals surface area (Å²) in [4.78, 5) is 4.32. The molecule has 1 N–H and O–H groups in total. The molecule has 1 aliphatic carbocycles. The number of aryl methyl sites for hydroxylation is 1. The van der Waals surface area contributed by atoms with E-state index >= 15 is 0 Å². The van der Waals surface area contributed by atoms with E-state index in [9.17, 15) is 0 Å². The lowest BCUT2D eigenvalue weighted by Crippen LogP contribution is -2.02. The highest BCUT2D eigenvalue weighted by molar-refractivity contribution is 7.13. The third kappa shape index (κ3) is 1.93. The van der Waals surface area contributed by atoms with Crippen LogP contribution in [-0.4, -0.2) is 11.5 Å². The third-order valence-corrected chi connectivity index (χ3v) is 2.78. The van der Waals surface area contributed by atoms with E-state index in [4.69, 9.17) is 0 Å². The molecule has 0 amide bonds. The van der Waals surface area contributed by atoms with Gasteiger partial charge in [-0.2, -0.15) is 0 Å². The summed E-state index contributed by atoms with van der Waals surface area (Å²) in [5, 5.41) is 6.49. The topological polar surface area (TPSA) is 24.9 Å². The molecule has 1 heterocycles. The summed E-state index contributed by atoms with van der Waals surface area (Å²) >= 11 is 1.70. The Hall–Kier alpha value is -0.570. The van der Waals surface area contributed by atoms with E-state index in [1.165, 1.54) is 12.8 Å². The number of anilines is 1. The maximum Gasteiger partial charge on any atom is 0.182 e. The quantitative estimate of drug-likeness (QED) is 0.749. The number of hydrogen-bond acceptors (Lipinski definition) is 3. The predicted octanol–water partition coefficient (Wildman–Crippen LogP) is 2.27. The van der Waals surface area contributed by atoms with Crippen LogP contribution in [0.15, 0.2) is 5.38 Å². The Labute approximate surface area is 70.7 Å². The normalized spacial score (nSPS) is 16.8. The smallest absolute Gasteiger partial charge is 0.182 e. The van der Waals surface area contributed by atoms with Crippen molar-refractivity contribution in [2.24, 2.45) is 5.92 Å². The van der Waals surface area contributed by atoms with Crippen molar-refractivity contribution < 1.29 is 0 Å². The number of rotatable bonds is 3. The highest BCUT2D eigenvalue weighted by Crippen LogP contribution is 2.29. The van der Waals surface area contributed by atoms with Crippen LogP contribution < -0.4 is 5.32 Å². The van der Waals surface area contributed by atoms with Gasteiger partial charge in [-0.05, 0) is 25.7 Å². The molecule has 0 unspecified atom stereocenters. The van der Waals surface area contributed by atoms with E-state index in [2.05, 4.69) is 15.7 Å². The predicted molar refractivity (Wildman–Crippen MR) is 48.1 cm³/mol. The first kappa shape index (κ1) is 7.10. The van der Waals surface area contributed by atoms with Crippen molar-refractivity contribution >= 4 is 16.5 Å². The highest BCUT2D eigenvalue weighted by atomic mass is 32.1. The highest BCUT2D eigenvalue weighted by Gasteiger charge is 2.20. The van der Waals surface area contributed by atoms with Crippen LogP contribution in [0, 0.1) is 12.8 Å². The van der Waals surface area contributed by atoms with Crippen molar-refractivity contribution in [2.45, 2.75) is 19.8 Å². The van der Waals surface area contributed by atoms with E-state index in [1.807, 2.05) is 6.92 Å². The van der Waals surface area contributed by atoms with Crippen LogP contribution in [0.3, 0.4) is 0 Å². The molecule has 60 valence electrons. The maximum absolute atomic E-state index is 4.32. The first-order chi connectivity index (χ1) is 5.34. The lowest BCUT2D eigenvalue weighted by atomic mass is 10.4. The molecule has 0 radical (unpaired) electrons. The Bertz CT molecular complexity index is 240. The van der Waals surface area contributed by atoms with Gasteiger partial charge in [0.1, 0.15) is 0 Å². The van der Waals surface area contributed by atoms with Crippen molar-refractivity contribution in [1.82, 2.24) is 4.98 Å². The Morgan fingerprint density at radius 1 is 1.73 bits per heavy atom. The molecule has 0 saturated heterocycles. The van der Waals surface area contributed by atoms with Crippen LogP contribution in [0.4, 0.5) is 5.13 Å². The average Bonchev–Trinajstić information content (AvgIpc) is 2.72. The average molecular weight is 168 g/mol. The standard InChI is InChI=1S/C8H12N2S/c1-6-5-11-8(10-6)9-4-7-2-3-7/h5,7H,2-4H2,1H3,(H,9,10). The van der Waals surface area contributed by atoms with Gasteiger partial charge in [-0.25, -0.2) is 4.98 Å². The molecule has 0 atom stereocenters. The molecular formula is C8H12N2S. The molecule has 0 aliphatic heterocycles. The zero-order valence-corrected chi connectivity index (χ0v) is 7.45. The summed E-state index contributed by atoms with van der Waals surface area (Å²) in [7, 11) is 0. The molecule has 11 heavy (non-hydrogen) atoms. The van der Waals surface area contributed by atoms with E-state index in [0.29, 0.717) is 0 Å². The van der Waals surface area contributed by atoms with Gasteiger partial charge in [0.25, 0.3) is 0 Å². The minimum absolute atomic E-state index is 0.930. The summed E-state index contributed by atoms with van der Waals surface area (Å²) in [6, 6.07) is 0. The Morgan fingerprint density at radius 3 is 3.09 bits per heavy atom. The number of hydrogen-bond donors (Lipinski definition) is 1. The lowest BCUT2D eigenvalue weighted by Gasteiger charge is -1.97. The molecule has 0 bridgehead atoms. The molecule has 1 aliphatic rings. The molecular weight excluding hydrogens is 156 g/mol. The minimum atomic E-state index is 0.930. The van der Waals surface area contributed by atoms with Crippen LogP contribution in [0.2, 0.25) is 0 Å². The zero-order valence-electron chi connectivity index (χ0n) is 6.63. The van der Waals surface area contributed by atoms with Crippen LogP contribution in [0.1, 0.15) is 18.5 Å². The van der Waals surface area contributed by atoms with Gasteiger partial charge in [0.05, 0.1) is 5.69 Å². The van der Waals surface area contributed by atoms with E-state index in [0.717, 1.165) is 23.3 Å². The van der Waals surface area contributed by atoms with Gasteiger partial charge < -0.3 is 5.32 Å². The minimum Gasteiger partial charge on any atom is -0.361 e. The molecule has 1 aromatic rings. The molecule has 2 rings (SSSR count). The van der Waals surface area contributed by atoms with Crippen molar-refractivity contribution in [3.05, 3.63) is 11.1 Å². The van der Waals surface area contributed by atoms with Gasteiger partial charge in [0, 0.05) is 11.9 Å². The van der Waals surface area contributed by atoms with Gasteiger partial charge >= 0.3 is 0 Å². The summed E-state index contributed by atoms with van der Waals surface area (Å²) in [6.07, 6.45) is 2.80. The fraction of sp³-hybridized carbons (Fsp3) is 0.625. The van der Waals surface area contributed by atoms with Gasteiger partial charge in [0.15, 0.2) is 5.13 Å². The molecule has 1 aromatic heterocycles. The van der Waals surface area contributed by atoms with Crippen LogP contribution >= 0.6 is 11.3 Å². The van der Waals surface area contributed by atoms with Gasteiger partial charge in [-0.3, -0.25) is 0 Å². The van der Waals surface area contributed by atoms with Crippen molar-refractivity contribution in [2.75, 3.05) is 11.9 Å². The second-order valence-electron chi connectivity index (χ2n) is 3.12. The lowest BCUT2D eigenvalue weighted by molar-refractivity contribution is 0.886. The maximum atomic E-state index is 4.32. The summed E-state index contributed by atoms with van der Waals surface area (Å²) in [6.45, 7) is 3.14. The van der Waals surface area contributed by atoms with Crippen molar-refractivity contribution in [3.63, 3.8) is 0 Å². The molecule has 2 nitrogen and oxygen atoms in total. The van der Waals surface area contributed by atoms with Crippen LogP contribution in [0.5, 0.6) is 0 Å². The summed E-state index contributed by atoms with van der Waals surface area (Å²) in [5.74, 6) is 0.930. The molecule has 0 spiro atoms. The largest absolute Gasteiger partial charge is 0.361 e. The zero-order chi connectivity index (χ0) is 7.68. The molecule has 1 saturated carbocycles. The van der Waals surface area contributed by atoms with Crippen LogP contribution in [-0.2, 0) is 0 Å². The van der Waals surface area contributed by atoms with Crippen molar-refractivity contribution in [1.29, 1.82) is 0 Å². The second kappa shape index (κ2) is 2.81. The SMILES string of the molecule is Cc1csc(NCC2CC2)n1. The summed E-state index contributed by atoms with van der Waals surface area (Å²) in [5.41, 5.74) is 1.12. The van der Waals surface area contributed by atoms with Gasteiger partial charge in [-0.15, -0.1) is 11.3 Å². The summed E-state index contributed by atoms with van der Waals surface area (Å²) < 4.78 is 0. The number of aromatic nitrogens is 1. The molecule has 3 heteroatoms.